The van der Waals surface area contributed by atoms with Crippen molar-refractivity contribution in [1.29, 1.82) is 0 Å². The number of hydrogen-bond donors (Lipinski definition) is 2. The molecule has 0 heterocycles. The maximum Gasteiger partial charge on any atom is 0.239 e. The summed E-state index contributed by atoms with van der Waals surface area (Å²) in [7, 11) is 1.61. The summed E-state index contributed by atoms with van der Waals surface area (Å²) in [5, 5.41) is 11.6. The van der Waals surface area contributed by atoms with Crippen LogP contribution >= 0.6 is 11.8 Å². The van der Waals surface area contributed by atoms with Gasteiger partial charge >= 0.3 is 0 Å². The molecule has 17 heavy (non-hydrogen) atoms. The van der Waals surface area contributed by atoms with E-state index >= 15 is 0 Å². The molecule has 2 amide bonds. The summed E-state index contributed by atoms with van der Waals surface area (Å²) in [5.41, 5.74) is 0. The fraction of sp³-hybridized carbons (Fsp3) is 0.818. The van der Waals surface area contributed by atoms with E-state index in [9.17, 15) is 9.59 Å². The second kappa shape index (κ2) is 9.30. The van der Waals surface area contributed by atoms with E-state index in [2.05, 4.69) is 5.32 Å². The second-order valence-electron chi connectivity index (χ2n) is 3.90. The van der Waals surface area contributed by atoms with Crippen LogP contribution in [0.4, 0.5) is 0 Å². The number of nitrogens with one attached hydrogen (secondary N) is 1. The van der Waals surface area contributed by atoms with Gasteiger partial charge in [0.05, 0.1) is 18.9 Å². The van der Waals surface area contributed by atoms with Crippen molar-refractivity contribution in [3.8, 4) is 0 Å². The standard InChI is InChI=1S/C11H22N2O3S/c1-4-5-12-10(15)6-13(3)11(16)8-17-9(2)7-14/h9,14H,4-8H2,1-3H3,(H,12,15). The van der Waals surface area contributed by atoms with E-state index in [4.69, 9.17) is 5.11 Å². The summed E-state index contributed by atoms with van der Waals surface area (Å²) < 4.78 is 0. The molecule has 0 bridgehead atoms. The van der Waals surface area contributed by atoms with Gasteiger partial charge in [0.15, 0.2) is 0 Å². The zero-order valence-corrected chi connectivity index (χ0v) is 11.5. The number of hydrogen-bond acceptors (Lipinski definition) is 4. The molecule has 2 N–H and O–H groups in total. The molecular weight excluding hydrogens is 240 g/mol. The van der Waals surface area contributed by atoms with Gasteiger partial charge in [0.2, 0.25) is 11.8 Å². The molecule has 0 saturated heterocycles. The lowest BCUT2D eigenvalue weighted by atomic mass is 10.4. The van der Waals surface area contributed by atoms with E-state index in [-0.39, 0.29) is 30.2 Å². The zero-order valence-electron chi connectivity index (χ0n) is 10.7. The second-order valence-corrected chi connectivity index (χ2v) is 5.33. The van der Waals surface area contributed by atoms with Crippen LogP contribution in [0.3, 0.4) is 0 Å². The first-order valence-corrected chi connectivity index (χ1v) is 6.79. The van der Waals surface area contributed by atoms with Crippen molar-refractivity contribution < 1.29 is 14.7 Å². The maximum absolute atomic E-state index is 11.6. The molecule has 100 valence electrons. The molecule has 0 aromatic rings. The van der Waals surface area contributed by atoms with Crippen molar-refractivity contribution in [3.63, 3.8) is 0 Å². The number of aliphatic hydroxyl groups excluding tert-OH is 1. The number of amides is 2. The van der Waals surface area contributed by atoms with Gasteiger partial charge in [-0.1, -0.05) is 13.8 Å². The van der Waals surface area contributed by atoms with Gasteiger partial charge in [0, 0.05) is 18.8 Å². The van der Waals surface area contributed by atoms with Crippen molar-refractivity contribution in [2.45, 2.75) is 25.5 Å². The Kier molecular flexibility index (Phi) is 8.89. The van der Waals surface area contributed by atoms with E-state index in [1.165, 1.54) is 16.7 Å². The topological polar surface area (TPSA) is 69.6 Å². The van der Waals surface area contributed by atoms with Crippen molar-refractivity contribution >= 4 is 23.6 Å². The monoisotopic (exact) mass is 262 g/mol. The number of nitrogens with zero attached hydrogens (tertiary/aromatic N) is 1. The molecule has 1 unspecified atom stereocenters. The van der Waals surface area contributed by atoms with Crippen LogP contribution in [-0.2, 0) is 9.59 Å². The molecule has 0 aromatic carbocycles. The summed E-state index contributed by atoms with van der Waals surface area (Å²) in [6.45, 7) is 4.61. The number of rotatable bonds is 8. The van der Waals surface area contributed by atoms with E-state index in [1.807, 2.05) is 13.8 Å². The fourth-order valence-corrected chi connectivity index (χ4v) is 1.75. The van der Waals surface area contributed by atoms with Crippen molar-refractivity contribution in [3.05, 3.63) is 0 Å². The van der Waals surface area contributed by atoms with Gasteiger partial charge < -0.3 is 15.3 Å². The molecule has 0 rings (SSSR count). The molecular formula is C11H22N2O3S. The summed E-state index contributed by atoms with van der Waals surface area (Å²) in [4.78, 5) is 24.4. The van der Waals surface area contributed by atoms with Crippen LogP contribution < -0.4 is 5.32 Å². The summed E-state index contributed by atoms with van der Waals surface area (Å²) in [5.74, 6) is 0.0593. The smallest absolute Gasteiger partial charge is 0.239 e. The summed E-state index contributed by atoms with van der Waals surface area (Å²) in [6, 6.07) is 0. The molecule has 0 saturated carbocycles. The third-order valence-electron chi connectivity index (χ3n) is 2.13. The largest absolute Gasteiger partial charge is 0.395 e. The van der Waals surface area contributed by atoms with Crippen LogP contribution in [0.15, 0.2) is 0 Å². The predicted octanol–water partition coefficient (Wildman–Crippen LogP) is 0.0850. The first-order valence-electron chi connectivity index (χ1n) is 5.74. The number of carbonyl (C=O) groups excluding carboxylic acids is 2. The van der Waals surface area contributed by atoms with E-state index in [0.29, 0.717) is 12.3 Å². The Bertz CT molecular complexity index is 249. The van der Waals surface area contributed by atoms with Crippen LogP contribution in [-0.4, -0.2) is 59.6 Å². The van der Waals surface area contributed by atoms with Gasteiger partial charge in [-0.3, -0.25) is 9.59 Å². The van der Waals surface area contributed by atoms with E-state index in [1.54, 1.807) is 7.05 Å². The first-order chi connectivity index (χ1) is 8.01. The van der Waals surface area contributed by atoms with Gasteiger partial charge in [-0.15, -0.1) is 11.8 Å². The zero-order chi connectivity index (χ0) is 13.3. The van der Waals surface area contributed by atoms with Gasteiger partial charge in [-0.05, 0) is 6.42 Å². The highest BCUT2D eigenvalue weighted by atomic mass is 32.2. The molecule has 0 aliphatic carbocycles. The molecule has 0 spiro atoms. The molecule has 0 radical (unpaired) electrons. The first kappa shape index (κ1) is 16.2. The summed E-state index contributed by atoms with van der Waals surface area (Å²) in [6.07, 6.45) is 0.882. The highest BCUT2D eigenvalue weighted by molar-refractivity contribution is 8.00. The quantitative estimate of drug-likeness (QED) is 0.650. The van der Waals surface area contributed by atoms with Crippen molar-refractivity contribution in [1.82, 2.24) is 10.2 Å². The Hall–Kier alpha value is -0.750. The molecule has 6 heteroatoms. The predicted molar refractivity (Wildman–Crippen MR) is 69.9 cm³/mol. The number of likely N-dealkylation sites (N-methyl/N-ethyl adjacent to an activating group) is 1. The highest BCUT2D eigenvalue weighted by Crippen LogP contribution is 2.09. The highest BCUT2D eigenvalue weighted by Gasteiger charge is 2.13. The Morgan fingerprint density at radius 1 is 1.47 bits per heavy atom. The lowest BCUT2D eigenvalue weighted by molar-refractivity contribution is -0.132. The van der Waals surface area contributed by atoms with Crippen LogP contribution in [0.5, 0.6) is 0 Å². The van der Waals surface area contributed by atoms with Gasteiger partial charge in [-0.2, -0.15) is 0 Å². The third kappa shape index (κ3) is 8.04. The normalized spacial score (nSPS) is 12.0. The Morgan fingerprint density at radius 2 is 2.12 bits per heavy atom. The van der Waals surface area contributed by atoms with Crippen LogP contribution in [0.25, 0.3) is 0 Å². The minimum absolute atomic E-state index is 0.0428. The van der Waals surface area contributed by atoms with E-state index in [0.717, 1.165) is 6.42 Å². The van der Waals surface area contributed by atoms with Crippen molar-refractivity contribution in [2.24, 2.45) is 0 Å². The molecule has 0 fully saturated rings. The average molecular weight is 262 g/mol. The maximum atomic E-state index is 11.6. The van der Waals surface area contributed by atoms with Gasteiger partial charge in [0.1, 0.15) is 0 Å². The Balaban J connectivity index is 3.84. The third-order valence-corrected chi connectivity index (χ3v) is 3.26. The molecule has 5 nitrogen and oxygen atoms in total. The average Bonchev–Trinajstić information content (AvgIpc) is 2.32. The van der Waals surface area contributed by atoms with Crippen LogP contribution in [0.2, 0.25) is 0 Å². The molecule has 0 aliphatic rings. The number of aliphatic hydroxyl groups is 1. The number of thioether (sulfide) groups is 1. The Morgan fingerprint density at radius 3 is 2.65 bits per heavy atom. The Labute approximate surface area is 107 Å². The van der Waals surface area contributed by atoms with Crippen LogP contribution in [0.1, 0.15) is 20.3 Å². The SMILES string of the molecule is CCCNC(=O)CN(C)C(=O)CSC(C)CO. The molecule has 0 aromatic heterocycles. The van der Waals surface area contributed by atoms with Gasteiger partial charge in [0.25, 0.3) is 0 Å². The molecule has 1 atom stereocenters. The summed E-state index contributed by atoms with van der Waals surface area (Å²) >= 11 is 1.38. The lowest BCUT2D eigenvalue weighted by Gasteiger charge is -2.17. The minimum Gasteiger partial charge on any atom is -0.395 e. The number of carbonyl (C=O) groups is 2. The lowest BCUT2D eigenvalue weighted by Crippen LogP contribution is -2.39. The van der Waals surface area contributed by atoms with E-state index < -0.39 is 0 Å². The minimum atomic E-state index is -0.136. The van der Waals surface area contributed by atoms with Crippen LogP contribution in [0, 0.1) is 0 Å². The van der Waals surface area contributed by atoms with Crippen molar-refractivity contribution in [2.75, 3.05) is 32.5 Å². The van der Waals surface area contributed by atoms with Gasteiger partial charge in [-0.25, -0.2) is 0 Å². The fourth-order valence-electron chi connectivity index (χ4n) is 1.00. The molecule has 0 aliphatic heterocycles.